The second-order valence-electron chi connectivity index (χ2n) is 4.56. The Kier molecular flexibility index (Phi) is 5.21. The van der Waals surface area contributed by atoms with Crippen LogP contribution in [0.5, 0.6) is 0 Å². The first-order valence-electron chi connectivity index (χ1n) is 6.54. The van der Waals surface area contributed by atoms with Crippen molar-refractivity contribution in [1.29, 1.82) is 0 Å². The van der Waals surface area contributed by atoms with E-state index in [4.69, 9.17) is 16.3 Å². The highest BCUT2D eigenvalue weighted by molar-refractivity contribution is 6.30. The number of nitrogens with one attached hydrogen (secondary N) is 1. The normalized spacial score (nSPS) is 16.5. The SMILES string of the molecule is COC(=O)CN(C(=O)OC)C1CNN=C1c1ccc(Cl)cc1. The summed E-state index contributed by atoms with van der Waals surface area (Å²) in [4.78, 5) is 24.8. The second kappa shape index (κ2) is 7.13. The number of esters is 1. The molecule has 7 nitrogen and oxygen atoms in total. The number of amides is 1. The molecular formula is C14H16ClN3O4. The lowest BCUT2D eigenvalue weighted by atomic mass is 10.0. The molecule has 1 aromatic carbocycles. The lowest BCUT2D eigenvalue weighted by Gasteiger charge is -2.26. The molecule has 118 valence electrons. The minimum absolute atomic E-state index is 0.220. The third kappa shape index (κ3) is 3.48. The maximum absolute atomic E-state index is 12.0. The van der Waals surface area contributed by atoms with Gasteiger partial charge in [0, 0.05) is 10.6 Å². The van der Waals surface area contributed by atoms with Gasteiger partial charge in [-0.1, -0.05) is 23.7 Å². The zero-order valence-corrected chi connectivity index (χ0v) is 13.0. The summed E-state index contributed by atoms with van der Waals surface area (Å²) in [7, 11) is 2.52. The van der Waals surface area contributed by atoms with Gasteiger partial charge in [0.05, 0.1) is 32.5 Å². The molecule has 0 saturated heterocycles. The molecule has 1 aliphatic rings. The number of carbonyl (C=O) groups excluding carboxylic acids is 2. The smallest absolute Gasteiger partial charge is 0.410 e. The largest absolute Gasteiger partial charge is 0.468 e. The molecule has 1 heterocycles. The van der Waals surface area contributed by atoms with Gasteiger partial charge in [0.15, 0.2) is 0 Å². The Hall–Kier alpha value is -2.28. The molecule has 0 bridgehead atoms. The minimum Gasteiger partial charge on any atom is -0.468 e. The molecule has 2 rings (SSSR count). The van der Waals surface area contributed by atoms with Crippen LogP contribution >= 0.6 is 11.6 Å². The Labute approximate surface area is 132 Å². The predicted molar refractivity (Wildman–Crippen MR) is 80.9 cm³/mol. The quantitative estimate of drug-likeness (QED) is 0.843. The minimum atomic E-state index is -0.624. The Bertz CT molecular complexity index is 588. The van der Waals surface area contributed by atoms with E-state index in [1.807, 2.05) is 0 Å². The Morgan fingerprint density at radius 3 is 2.59 bits per heavy atom. The van der Waals surface area contributed by atoms with Gasteiger partial charge < -0.3 is 14.9 Å². The number of methoxy groups -OCH3 is 2. The molecule has 0 radical (unpaired) electrons. The fraction of sp³-hybridized carbons (Fsp3) is 0.357. The molecular weight excluding hydrogens is 310 g/mol. The van der Waals surface area contributed by atoms with E-state index in [1.54, 1.807) is 24.3 Å². The number of ether oxygens (including phenoxy) is 2. The standard InChI is InChI=1S/C14H16ClN3O4/c1-21-12(19)8-18(14(20)22-2)11-7-16-17-13(11)9-3-5-10(15)6-4-9/h3-6,11,16H,7-8H2,1-2H3. The van der Waals surface area contributed by atoms with Crippen molar-refractivity contribution in [2.75, 3.05) is 27.3 Å². The van der Waals surface area contributed by atoms with Crippen LogP contribution in [0, 0.1) is 0 Å². The van der Waals surface area contributed by atoms with Gasteiger partial charge in [-0.25, -0.2) is 4.79 Å². The Balaban J connectivity index is 2.26. The van der Waals surface area contributed by atoms with Crippen LogP contribution in [0.15, 0.2) is 29.4 Å². The first kappa shape index (κ1) is 16.1. The molecule has 1 N–H and O–H groups in total. The molecule has 8 heteroatoms. The van der Waals surface area contributed by atoms with E-state index in [9.17, 15) is 9.59 Å². The summed E-state index contributed by atoms with van der Waals surface area (Å²) in [6, 6.07) is 6.63. The van der Waals surface area contributed by atoms with Crippen molar-refractivity contribution in [2.24, 2.45) is 5.10 Å². The summed E-state index contributed by atoms with van der Waals surface area (Å²) in [5.41, 5.74) is 4.27. The van der Waals surface area contributed by atoms with Crippen LogP contribution in [-0.4, -0.2) is 56.0 Å². The van der Waals surface area contributed by atoms with Crippen LogP contribution < -0.4 is 5.43 Å². The van der Waals surface area contributed by atoms with Crippen molar-refractivity contribution < 1.29 is 19.1 Å². The molecule has 1 aliphatic heterocycles. The Morgan fingerprint density at radius 1 is 1.32 bits per heavy atom. The molecule has 1 amide bonds. The Morgan fingerprint density at radius 2 is 2.00 bits per heavy atom. The summed E-state index contributed by atoms with van der Waals surface area (Å²) < 4.78 is 9.37. The zero-order valence-electron chi connectivity index (χ0n) is 12.2. The molecule has 1 aromatic rings. The fourth-order valence-electron chi connectivity index (χ4n) is 2.15. The van der Waals surface area contributed by atoms with Gasteiger partial charge >= 0.3 is 12.1 Å². The zero-order chi connectivity index (χ0) is 16.1. The molecule has 1 atom stereocenters. The highest BCUT2D eigenvalue weighted by Crippen LogP contribution is 2.17. The van der Waals surface area contributed by atoms with E-state index in [-0.39, 0.29) is 6.54 Å². The average molecular weight is 326 g/mol. The monoisotopic (exact) mass is 325 g/mol. The van der Waals surface area contributed by atoms with Crippen LogP contribution in [0.3, 0.4) is 0 Å². The van der Waals surface area contributed by atoms with Crippen molar-refractivity contribution in [3.63, 3.8) is 0 Å². The third-order valence-electron chi connectivity index (χ3n) is 3.25. The van der Waals surface area contributed by atoms with Crippen LogP contribution in [0.4, 0.5) is 4.79 Å². The van der Waals surface area contributed by atoms with E-state index in [2.05, 4.69) is 15.3 Å². The topological polar surface area (TPSA) is 80.2 Å². The summed E-state index contributed by atoms with van der Waals surface area (Å²) in [6.07, 6.45) is -0.624. The van der Waals surface area contributed by atoms with Gasteiger partial charge in [0.1, 0.15) is 6.54 Å². The van der Waals surface area contributed by atoms with Crippen LogP contribution in [0.25, 0.3) is 0 Å². The number of hydrogen-bond donors (Lipinski definition) is 1. The van der Waals surface area contributed by atoms with Crippen molar-refractivity contribution in [2.45, 2.75) is 6.04 Å². The maximum Gasteiger partial charge on any atom is 0.410 e. The molecule has 0 aliphatic carbocycles. The summed E-state index contributed by atoms with van der Waals surface area (Å²) >= 11 is 5.88. The van der Waals surface area contributed by atoms with Gasteiger partial charge in [-0.3, -0.25) is 9.69 Å². The van der Waals surface area contributed by atoms with Gasteiger partial charge in [-0.15, -0.1) is 0 Å². The number of hydrogen-bond acceptors (Lipinski definition) is 6. The maximum atomic E-state index is 12.0. The number of hydrazone groups is 1. The molecule has 0 saturated carbocycles. The molecule has 1 unspecified atom stereocenters. The number of carbonyl (C=O) groups is 2. The van der Waals surface area contributed by atoms with Crippen LogP contribution in [0.1, 0.15) is 5.56 Å². The number of nitrogens with zero attached hydrogens (tertiary/aromatic N) is 2. The second-order valence-corrected chi connectivity index (χ2v) is 4.99. The molecule has 0 spiro atoms. The highest BCUT2D eigenvalue weighted by Gasteiger charge is 2.34. The lowest BCUT2D eigenvalue weighted by molar-refractivity contribution is -0.141. The highest BCUT2D eigenvalue weighted by atomic mass is 35.5. The van der Waals surface area contributed by atoms with E-state index in [0.29, 0.717) is 17.3 Å². The lowest BCUT2D eigenvalue weighted by Crippen LogP contribution is -2.49. The van der Waals surface area contributed by atoms with E-state index >= 15 is 0 Å². The fourth-order valence-corrected chi connectivity index (χ4v) is 2.27. The number of rotatable bonds is 4. The van der Waals surface area contributed by atoms with E-state index < -0.39 is 18.1 Å². The van der Waals surface area contributed by atoms with E-state index in [1.165, 1.54) is 19.1 Å². The molecule has 0 aromatic heterocycles. The first-order valence-corrected chi connectivity index (χ1v) is 6.92. The van der Waals surface area contributed by atoms with Gasteiger partial charge in [0.2, 0.25) is 0 Å². The first-order chi connectivity index (χ1) is 10.6. The van der Waals surface area contributed by atoms with Crippen molar-refractivity contribution in [3.8, 4) is 0 Å². The summed E-state index contributed by atoms with van der Waals surface area (Å²) in [5.74, 6) is -0.534. The third-order valence-corrected chi connectivity index (χ3v) is 3.50. The van der Waals surface area contributed by atoms with Gasteiger partial charge in [-0.2, -0.15) is 5.10 Å². The number of benzene rings is 1. The average Bonchev–Trinajstić information content (AvgIpc) is 3.01. The van der Waals surface area contributed by atoms with Crippen molar-refractivity contribution >= 4 is 29.4 Å². The van der Waals surface area contributed by atoms with Crippen molar-refractivity contribution in [3.05, 3.63) is 34.9 Å². The van der Waals surface area contributed by atoms with Crippen LogP contribution in [0.2, 0.25) is 5.02 Å². The summed E-state index contributed by atoms with van der Waals surface area (Å²) in [5, 5.41) is 4.81. The molecule has 0 fully saturated rings. The predicted octanol–water partition coefficient (Wildman–Crippen LogP) is 1.26. The summed E-state index contributed by atoms with van der Waals surface area (Å²) in [6.45, 7) is 0.159. The van der Waals surface area contributed by atoms with Crippen LogP contribution in [-0.2, 0) is 14.3 Å². The number of halogens is 1. The van der Waals surface area contributed by atoms with Gasteiger partial charge in [0.25, 0.3) is 0 Å². The van der Waals surface area contributed by atoms with Gasteiger partial charge in [-0.05, 0) is 12.1 Å². The van der Waals surface area contributed by atoms with E-state index in [0.717, 1.165) is 5.56 Å². The molecule has 22 heavy (non-hydrogen) atoms. The van der Waals surface area contributed by atoms with Crippen molar-refractivity contribution in [1.82, 2.24) is 10.3 Å².